The smallest absolute Gasteiger partial charge is 0.228 e. The average molecular weight is 324 g/mol. The van der Waals surface area contributed by atoms with Crippen molar-refractivity contribution in [2.75, 3.05) is 5.32 Å². The second-order valence-electron chi connectivity index (χ2n) is 5.70. The summed E-state index contributed by atoms with van der Waals surface area (Å²) in [6.07, 6.45) is 3.63. The van der Waals surface area contributed by atoms with E-state index in [4.69, 9.17) is 11.6 Å². The molecule has 3 aromatic rings. The van der Waals surface area contributed by atoms with E-state index in [9.17, 15) is 4.79 Å². The van der Waals surface area contributed by atoms with E-state index in [-0.39, 0.29) is 11.8 Å². The van der Waals surface area contributed by atoms with Gasteiger partial charge in [-0.1, -0.05) is 35.9 Å². The van der Waals surface area contributed by atoms with Gasteiger partial charge in [-0.25, -0.2) is 9.97 Å². The van der Waals surface area contributed by atoms with E-state index in [0.717, 1.165) is 35.0 Å². The summed E-state index contributed by atoms with van der Waals surface area (Å²) in [5.41, 5.74) is 2.47. The van der Waals surface area contributed by atoms with E-state index in [2.05, 4.69) is 15.3 Å². The average Bonchev–Trinajstić information content (AvgIpc) is 3.40. The van der Waals surface area contributed by atoms with Crippen LogP contribution in [0.25, 0.3) is 22.2 Å². The summed E-state index contributed by atoms with van der Waals surface area (Å²) in [7, 11) is 0. The van der Waals surface area contributed by atoms with Crippen LogP contribution in [0, 0.1) is 5.92 Å². The van der Waals surface area contributed by atoms with Crippen LogP contribution in [0.15, 0.2) is 48.7 Å². The van der Waals surface area contributed by atoms with Crippen molar-refractivity contribution in [3.05, 3.63) is 53.7 Å². The molecule has 0 unspecified atom stereocenters. The number of anilines is 1. The van der Waals surface area contributed by atoms with E-state index in [1.165, 1.54) is 0 Å². The van der Waals surface area contributed by atoms with Crippen molar-refractivity contribution in [2.24, 2.45) is 5.92 Å². The number of amides is 1. The van der Waals surface area contributed by atoms with E-state index < -0.39 is 0 Å². The van der Waals surface area contributed by atoms with Crippen LogP contribution >= 0.6 is 11.6 Å². The lowest BCUT2D eigenvalue weighted by atomic mass is 10.1. The first kappa shape index (κ1) is 14.2. The van der Waals surface area contributed by atoms with Gasteiger partial charge in [-0.05, 0) is 31.0 Å². The molecule has 23 heavy (non-hydrogen) atoms. The summed E-state index contributed by atoms with van der Waals surface area (Å²) in [5.74, 6) is 0.785. The van der Waals surface area contributed by atoms with Crippen molar-refractivity contribution >= 4 is 34.2 Å². The number of hydrogen-bond donors (Lipinski definition) is 1. The Hall–Kier alpha value is -2.46. The fourth-order valence-corrected chi connectivity index (χ4v) is 2.72. The summed E-state index contributed by atoms with van der Waals surface area (Å²) < 4.78 is 0. The molecule has 0 spiro atoms. The fraction of sp³-hybridized carbons (Fsp3) is 0.167. The Labute approximate surface area is 138 Å². The second-order valence-corrected chi connectivity index (χ2v) is 6.11. The molecular formula is C18H14ClN3O. The molecule has 2 heterocycles. The van der Waals surface area contributed by atoms with Gasteiger partial charge in [0, 0.05) is 21.9 Å². The number of aromatic nitrogens is 2. The topological polar surface area (TPSA) is 54.9 Å². The maximum Gasteiger partial charge on any atom is 0.228 e. The van der Waals surface area contributed by atoms with Crippen LogP contribution in [0.1, 0.15) is 12.8 Å². The quantitative estimate of drug-likeness (QED) is 0.782. The molecule has 1 fully saturated rings. The Morgan fingerprint density at radius 3 is 2.78 bits per heavy atom. The maximum atomic E-state index is 11.8. The van der Waals surface area contributed by atoms with Crippen LogP contribution in [0.5, 0.6) is 0 Å². The Kier molecular flexibility index (Phi) is 3.46. The molecule has 4 nitrogen and oxygen atoms in total. The summed E-state index contributed by atoms with van der Waals surface area (Å²) in [6.45, 7) is 0. The summed E-state index contributed by atoms with van der Waals surface area (Å²) in [5, 5.41) is 4.45. The van der Waals surface area contributed by atoms with Crippen molar-refractivity contribution in [1.29, 1.82) is 0 Å². The largest absolute Gasteiger partial charge is 0.310 e. The van der Waals surface area contributed by atoms with E-state index in [0.29, 0.717) is 10.8 Å². The zero-order valence-electron chi connectivity index (χ0n) is 12.3. The Bertz CT molecular complexity index is 906. The second kappa shape index (κ2) is 5.63. The molecule has 1 aliphatic rings. The predicted octanol–water partition coefficient (Wildman–Crippen LogP) is 4.30. The Morgan fingerprint density at radius 1 is 1.17 bits per heavy atom. The van der Waals surface area contributed by atoms with Gasteiger partial charge in [0.2, 0.25) is 5.91 Å². The minimum absolute atomic E-state index is 0.0532. The number of pyridine rings is 2. The molecule has 0 saturated heterocycles. The summed E-state index contributed by atoms with van der Waals surface area (Å²) >= 11 is 6.22. The molecule has 1 N–H and O–H groups in total. The van der Waals surface area contributed by atoms with Crippen LogP contribution in [-0.2, 0) is 4.79 Å². The number of fused-ring (bicyclic) bond motifs is 1. The van der Waals surface area contributed by atoms with Crippen molar-refractivity contribution in [3.8, 4) is 11.3 Å². The van der Waals surface area contributed by atoms with Gasteiger partial charge in [0.1, 0.15) is 5.82 Å². The lowest BCUT2D eigenvalue weighted by Crippen LogP contribution is -2.14. The third kappa shape index (κ3) is 2.90. The molecular weight excluding hydrogens is 310 g/mol. The highest BCUT2D eigenvalue weighted by Crippen LogP contribution is 2.31. The maximum absolute atomic E-state index is 11.8. The number of benzene rings is 1. The number of hydrogen-bond acceptors (Lipinski definition) is 3. The monoisotopic (exact) mass is 323 g/mol. The van der Waals surface area contributed by atoms with Crippen LogP contribution in [0.4, 0.5) is 5.82 Å². The van der Waals surface area contributed by atoms with E-state index in [1.807, 2.05) is 42.5 Å². The SMILES string of the molecule is O=C(Nc1cc2ccc(-c3ccccc3Cl)nc2cn1)C1CC1. The molecule has 0 atom stereocenters. The summed E-state index contributed by atoms with van der Waals surface area (Å²) in [4.78, 5) is 20.7. The fourth-order valence-electron chi connectivity index (χ4n) is 2.49. The van der Waals surface area contributed by atoms with Gasteiger partial charge in [-0.15, -0.1) is 0 Å². The molecule has 0 radical (unpaired) electrons. The number of rotatable bonds is 3. The first-order chi connectivity index (χ1) is 11.2. The number of nitrogens with zero attached hydrogens (tertiary/aromatic N) is 2. The first-order valence-electron chi connectivity index (χ1n) is 7.53. The van der Waals surface area contributed by atoms with Gasteiger partial charge in [-0.2, -0.15) is 0 Å². The molecule has 0 aliphatic heterocycles. The Balaban J connectivity index is 1.67. The number of carbonyl (C=O) groups is 1. The van der Waals surface area contributed by atoms with E-state index >= 15 is 0 Å². The van der Waals surface area contributed by atoms with Crippen molar-refractivity contribution in [2.45, 2.75) is 12.8 Å². The number of nitrogens with one attached hydrogen (secondary N) is 1. The Morgan fingerprint density at radius 2 is 2.00 bits per heavy atom. The molecule has 2 aromatic heterocycles. The molecule has 5 heteroatoms. The van der Waals surface area contributed by atoms with Crippen LogP contribution in [-0.4, -0.2) is 15.9 Å². The molecule has 1 aliphatic carbocycles. The lowest BCUT2D eigenvalue weighted by Gasteiger charge is -2.07. The third-order valence-electron chi connectivity index (χ3n) is 3.92. The molecule has 1 aromatic carbocycles. The van der Waals surface area contributed by atoms with Crippen LogP contribution < -0.4 is 5.32 Å². The molecule has 0 bridgehead atoms. The van der Waals surface area contributed by atoms with E-state index in [1.54, 1.807) is 6.20 Å². The normalized spacial score (nSPS) is 14.0. The van der Waals surface area contributed by atoms with Gasteiger partial charge in [0.15, 0.2) is 0 Å². The van der Waals surface area contributed by atoms with Gasteiger partial charge in [-0.3, -0.25) is 4.79 Å². The highest BCUT2D eigenvalue weighted by atomic mass is 35.5. The standard InChI is InChI=1S/C18H14ClN3O/c19-14-4-2-1-3-13(14)15-8-7-12-9-17(20-10-16(12)21-15)22-18(23)11-5-6-11/h1-4,7-11H,5-6H2,(H,20,22,23). The molecule has 114 valence electrons. The number of carbonyl (C=O) groups excluding carboxylic acids is 1. The van der Waals surface area contributed by atoms with Crippen molar-refractivity contribution in [3.63, 3.8) is 0 Å². The molecule has 4 rings (SSSR count). The van der Waals surface area contributed by atoms with Gasteiger partial charge >= 0.3 is 0 Å². The molecule has 1 saturated carbocycles. The zero-order valence-corrected chi connectivity index (χ0v) is 13.0. The van der Waals surface area contributed by atoms with Crippen LogP contribution in [0.2, 0.25) is 5.02 Å². The van der Waals surface area contributed by atoms with Gasteiger partial charge in [0.05, 0.1) is 17.4 Å². The van der Waals surface area contributed by atoms with Gasteiger partial charge < -0.3 is 5.32 Å². The van der Waals surface area contributed by atoms with Crippen molar-refractivity contribution < 1.29 is 4.79 Å². The lowest BCUT2D eigenvalue weighted by molar-refractivity contribution is -0.117. The first-order valence-corrected chi connectivity index (χ1v) is 7.91. The highest BCUT2D eigenvalue weighted by Gasteiger charge is 2.29. The molecule has 1 amide bonds. The predicted molar refractivity (Wildman–Crippen MR) is 91.3 cm³/mol. The van der Waals surface area contributed by atoms with Crippen LogP contribution in [0.3, 0.4) is 0 Å². The summed E-state index contributed by atoms with van der Waals surface area (Å²) in [6, 6.07) is 13.3. The van der Waals surface area contributed by atoms with Gasteiger partial charge in [0.25, 0.3) is 0 Å². The third-order valence-corrected chi connectivity index (χ3v) is 4.25. The highest BCUT2D eigenvalue weighted by molar-refractivity contribution is 6.33. The number of halogens is 1. The zero-order chi connectivity index (χ0) is 15.8. The van der Waals surface area contributed by atoms with Crippen molar-refractivity contribution in [1.82, 2.24) is 9.97 Å². The minimum atomic E-state index is 0.0532. The minimum Gasteiger partial charge on any atom is -0.310 e.